The molecule has 3 nitrogen and oxygen atoms in total. The van der Waals surface area contributed by atoms with Crippen molar-refractivity contribution in [2.75, 3.05) is 14.2 Å². The highest BCUT2D eigenvalue weighted by Gasteiger charge is 2.21. The third-order valence-electron chi connectivity index (χ3n) is 2.49. The van der Waals surface area contributed by atoms with Gasteiger partial charge in [0.05, 0.1) is 13.0 Å². The molecule has 0 saturated carbocycles. The molecule has 0 radical (unpaired) electrons. The Balaban J connectivity index is 2.85. The summed E-state index contributed by atoms with van der Waals surface area (Å²) in [7, 11) is 3.13. The van der Waals surface area contributed by atoms with Gasteiger partial charge >= 0.3 is 0 Å². The first-order valence-corrected chi connectivity index (χ1v) is 5.07. The Kier molecular flexibility index (Phi) is 4.31. The molecule has 1 aromatic rings. The summed E-state index contributed by atoms with van der Waals surface area (Å²) >= 11 is 0. The molecule has 0 aromatic heterocycles. The Morgan fingerprint density at radius 2 is 2.00 bits per heavy atom. The second-order valence-corrected chi connectivity index (χ2v) is 3.39. The van der Waals surface area contributed by atoms with Crippen LogP contribution in [0.1, 0.15) is 24.8 Å². The SMILES string of the molecule is CCC(C(=O)N(C)OC)c1ccccc1. The summed E-state index contributed by atoms with van der Waals surface area (Å²) < 4.78 is 0. The highest BCUT2D eigenvalue weighted by molar-refractivity contribution is 5.82. The van der Waals surface area contributed by atoms with Crippen molar-refractivity contribution in [2.45, 2.75) is 19.3 Å². The first-order chi connectivity index (χ1) is 7.20. The standard InChI is InChI=1S/C12H17NO2/c1-4-11(12(14)13(2)15-3)10-8-6-5-7-9-10/h5-9,11H,4H2,1-3H3. The van der Waals surface area contributed by atoms with Crippen molar-refractivity contribution in [1.29, 1.82) is 0 Å². The van der Waals surface area contributed by atoms with Gasteiger partial charge in [-0.25, -0.2) is 5.06 Å². The third-order valence-corrected chi connectivity index (χ3v) is 2.49. The zero-order chi connectivity index (χ0) is 11.3. The van der Waals surface area contributed by atoms with E-state index >= 15 is 0 Å². The Hall–Kier alpha value is -1.35. The van der Waals surface area contributed by atoms with Gasteiger partial charge in [-0.2, -0.15) is 0 Å². The number of hydroxylamine groups is 2. The maximum atomic E-state index is 11.9. The molecule has 0 saturated heterocycles. The summed E-state index contributed by atoms with van der Waals surface area (Å²) in [5, 5.41) is 1.28. The smallest absolute Gasteiger partial charge is 0.253 e. The monoisotopic (exact) mass is 207 g/mol. The lowest BCUT2D eigenvalue weighted by atomic mass is 9.96. The van der Waals surface area contributed by atoms with Crippen molar-refractivity contribution in [3.63, 3.8) is 0 Å². The van der Waals surface area contributed by atoms with Gasteiger partial charge in [0.2, 0.25) is 0 Å². The van der Waals surface area contributed by atoms with Gasteiger partial charge in [0.15, 0.2) is 0 Å². The highest BCUT2D eigenvalue weighted by Crippen LogP contribution is 2.21. The number of benzene rings is 1. The van der Waals surface area contributed by atoms with E-state index in [-0.39, 0.29) is 11.8 Å². The maximum Gasteiger partial charge on any atom is 0.253 e. The number of likely N-dealkylation sites (N-methyl/N-ethyl adjacent to an activating group) is 1. The van der Waals surface area contributed by atoms with Crippen LogP contribution in [0.4, 0.5) is 0 Å². The van der Waals surface area contributed by atoms with Crippen LogP contribution in [0.15, 0.2) is 30.3 Å². The summed E-state index contributed by atoms with van der Waals surface area (Å²) in [5.41, 5.74) is 1.04. The summed E-state index contributed by atoms with van der Waals surface area (Å²) in [6.07, 6.45) is 0.774. The molecule has 0 aliphatic heterocycles. The van der Waals surface area contributed by atoms with E-state index in [0.29, 0.717) is 0 Å². The Labute approximate surface area is 90.6 Å². The lowest BCUT2D eigenvalue weighted by Crippen LogP contribution is -2.30. The molecule has 0 aliphatic carbocycles. The van der Waals surface area contributed by atoms with Gasteiger partial charge in [0.1, 0.15) is 0 Å². The highest BCUT2D eigenvalue weighted by atomic mass is 16.7. The lowest BCUT2D eigenvalue weighted by molar-refractivity contribution is -0.170. The molecule has 0 bridgehead atoms. The van der Waals surface area contributed by atoms with Crippen LogP contribution >= 0.6 is 0 Å². The van der Waals surface area contributed by atoms with Crippen LogP contribution in [0.5, 0.6) is 0 Å². The zero-order valence-electron chi connectivity index (χ0n) is 9.43. The van der Waals surface area contributed by atoms with Crippen molar-refractivity contribution < 1.29 is 9.63 Å². The Morgan fingerprint density at radius 1 is 1.40 bits per heavy atom. The van der Waals surface area contributed by atoms with Crippen LogP contribution < -0.4 is 0 Å². The van der Waals surface area contributed by atoms with Gasteiger partial charge in [-0.05, 0) is 12.0 Å². The summed E-state index contributed by atoms with van der Waals surface area (Å²) in [5.74, 6) is -0.123. The van der Waals surface area contributed by atoms with Gasteiger partial charge < -0.3 is 0 Å². The van der Waals surface area contributed by atoms with E-state index in [2.05, 4.69) is 0 Å². The molecule has 0 N–H and O–H groups in total. The molecule has 0 spiro atoms. The molecule has 0 aliphatic rings. The van der Waals surface area contributed by atoms with Gasteiger partial charge in [-0.3, -0.25) is 9.63 Å². The quantitative estimate of drug-likeness (QED) is 0.708. The number of amides is 1. The molecule has 1 rings (SSSR count). The van der Waals surface area contributed by atoms with Gasteiger partial charge in [0.25, 0.3) is 5.91 Å². The predicted octanol–water partition coefficient (Wildman–Crippen LogP) is 2.20. The normalized spacial score (nSPS) is 12.2. The van der Waals surface area contributed by atoms with E-state index in [4.69, 9.17) is 4.84 Å². The molecule has 1 atom stereocenters. The van der Waals surface area contributed by atoms with Crippen molar-refractivity contribution in [1.82, 2.24) is 5.06 Å². The van der Waals surface area contributed by atoms with Crippen LogP contribution in [0.25, 0.3) is 0 Å². The number of nitrogens with zero attached hydrogens (tertiary/aromatic N) is 1. The van der Waals surface area contributed by atoms with Crippen molar-refractivity contribution in [3.8, 4) is 0 Å². The first-order valence-electron chi connectivity index (χ1n) is 5.07. The molecule has 1 unspecified atom stereocenters. The molecule has 15 heavy (non-hydrogen) atoms. The van der Waals surface area contributed by atoms with E-state index in [9.17, 15) is 4.79 Å². The van der Waals surface area contributed by atoms with Gasteiger partial charge in [-0.15, -0.1) is 0 Å². The lowest BCUT2D eigenvalue weighted by Gasteiger charge is -2.20. The molecule has 0 fully saturated rings. The van der Waals surface area contributed by atoms with Crippen molar-refractivity contribution in [3.05, 3.63) is 35.9 Å². The van der Waals surface area contributed by atoms with Gasteiger partial charge in [-0.1, -0.05) is 37.3 Å². The number of rotatable bonds is 4. The third kappa shape index (κ3) is 2.80. The molecular formula is C12H17NO2. The largest absolute Gasteiger partial charge is 0.275 e. The number of hydrogen-bond donors (Lipinski definition) is 0. The first kappa shape index (κ1) is 11.7. The topological polar surface area (TPSA) is 29.5 Å². The predicted molar refractivity (Wildman–Crippen MR) is 59.3 cm³/mol. The van der Waals surface area contributed by atoms with E-state index in [1.807, 2.05) is 37.3 Å². The Bertz CT molecular complexity index is 311. The number of hydrogen-bond acceptors (Lipinski definition) is 2. The molecule has 1 amide bonds. The second-order valence-electron chi connectivity index (χ2n) is 3.39. The minimum atomic E-state index is -0.115. The zero-order valence-corrected chi connectivity index (χ0v) is 9.43. The van der Waals surface area contributed by atoms with E-state index in [0.717, 1.165) is 12.0 Å². The minimum Gasteiger partial charge on any atom is -0.275 e. The molecule has 3 heteroatoms. The van der Waals surface area contributed by atoms with Crippen LogP contribution in [-0.4, -0.2) is 25.1 Å². The Morgan fingerprint density at radius 3 is 2.47 bits per heavy atom. The average Bonchev–Trinajstić information content (AvgIpc) is 2.30. The van der Waals surface area contributed by atoms with E-state index in [1.165, 1.54) is 12.2 Å². The van der Waals surface area contributed by atoms with Crippen molar-refractivity contribution in [2.24, 2.45) is 0 Å². The van der Waals surface area contributed by atoms with E-state index in [1.54, 1.807) is 7.05 Å². The van der Waals surface area contributed by atoms with Gasteiger partial charge in [0, 0.05) is 7.05 Å². The fourth-order valence-corrected chi connectivity index (χ4v) is 1.55. The second kappa shape index (κ2) is 5.51. The summed E-state index contributed by atoms with van der Waals surface area (Å²) in [6.45, 7) is 2.00. The number of carbonyl (C=O) groups excluding carboxylic acids is 1. The summed E-state index contributed by atoms with van der Waals surface area (Å²) in [6, 6.07) is 9.77. The van der Waals surface area contributed by atoms with Crippen molar-refractivity contribution >= 4 is 5.91 Å². The molecule has 82 valence electrons. The van der Waals surface area contributed by atoms with Crippen LogP contribution in [0.3, 0.4) is 0 Å². The average molecular weight is 207 g/mol. The fourth-order valence-electron chi connectivity index (χ4n) is 1.55. The van der Waals surface area contributed by atoms with Crippen LogP contribution in [-0.2, 0) is 9.63 Å². The van der Waals surface area contributed by atoms with E-state index < -0.39 is 0 Å². The van der Waals surface area contributed by atoms with Crippen LogP contribution in [0.2, 0.25) is 0 Å². The maximum absolute atomic E-state index is 11.9. The number of carbonyl (C=O) groups is 1. The molecule has 0 heterocycles. The summed E-state index contributed by atoms with van der Waals surface area (Å²) in [4.78, 5) is 16.8. The van der Waals surface area contributed by atoms with Crippen LogP contribution in [0, 0.1) is 0 Å². The molecular weight excluding hydrogens is 190 g/mol. The minimum absolute atomic E-state index is 0.00815. The fraction of sp³-hybridized carbons (Fsp3) is 0.417. The molecule has 1 aromatic carbocycles.